The zero-order valence-electron chi connectivity index (χ0n) is 9.18. The lowest BCUT2D eigenvalue weighted by Gasteiger charge is -2.00. The number of hydrogen-bond acceptors (Lipinski definition) is 3. The molecule has 0 aliphatic carbocycles. The lowest BCUT2D eigenvalue weighted by Crippen LogP contribution is -2.00. The van der Waals surface area contributed by atoms with Crippen LogP contribution in [-0.2, 0) is 16.5 Å². The van der Waals surface area contributed by atoms with E-state index in [9.17, 15) is 8.42 Å². The third-order valence-corrected chi connectivity index (χ3v) is 3.54. The van der Waals surface area contributed by atoms with Gasteiger partial charge < -0.3 is 10.7 Å². The molecule has 17 heavy (non-hydrogen) atoms. The van der Waals surface area contributed by atoms with Gasteiger partial charge >= 0.3 is 0 Å². The molecule has 6 heteroatoms. The molecule has 0 radical (unpaired) electrons. The number of aromatic amines is 1. The van der Waals surface area contributed by atoms with E-state index in [0.717, 1.165) is 29.3 Å². The van der Waals surface area contributed by atoms with Crippen LogP contribution in [0.4, 0.5) is 0 Å². The second-order valence-electron chi connectivity index (χ2n) is 3.89. The zero-order valence-corrected chi connectivity index (χ0v) is 10.00. The minimum absolute atomic E-state index is 0.0846. The van der Waals surface area contributed by atoms with Crippen molar-refractivity contribution in [3.8, 4) is 0 Å². The summed E-state index contributed by atoms with van der Waals surface area (Å²) in [7, 11) is -4.15. The van der Waals surface area contributed by atoms with Crippen LogP contribution < -0.4 is 5.73 Å². The average Bonchev–Trinajstić information content (AvgIpc) is 2.67. The van der Waals surface area contributed by atoms with Crippen LogP contribution in [0.5, 0.6) is 0 Å². The van der Waals surface area contributed by atoms with Crippen LogP contribution in [0.3, 0.4) is 0 Å². The van der Waals surface area contributed by atoms with Crippen LogP contribution in [0.25, 0.3) is 10.9 Å². The van der Waals surface area contributed by atoms with E-state index >= 15 is 0 Å². The first kappa shape index (κ1) is 12.1. The Morgan fingerprint density at radius 2 is 2.12 bits per heavy atom. The standard InChI is InChI=1S/C11H14N2O3S/c12-5-1-2-8-7-13-11-4-3-9(6-10(8)11)17(14,15)16/h3-4,6-7,13H,1-2,5,12H2,(H,14,15,16). The number of aryl methyl sites for hydroxylation is 1. The smallest absolute Gasteiger partial charge is 0.294 e. The number of benzene rings is 1. The van der Waals surface area contributed by atoms with Crippen molar-refractivity contribution in [3.63, 3.8) is 0 Å². The summed E-state index contributed by atoms with van der Waals surface area (Å²) in [6, 6.07) is 4.50. The molecule has 0 fully saturated rings. The largest absolute Gasteiger partial charge is 0.361 e. The Hall–Kier alpha value is -1.37. The molecule has 0 amide bonds. The van der Waals surface area contributed by atoms with Gasteiger partial charge in [0.1, 0.15) is 0 Å². The highest BCUT2D eigenvalue weighted by atomic mass is 32.2. The first-order valence-corrected chi connectivity index (χ1v) is 6.74. The summed E-state index contributed by atoms with van der Waals surface area (Å²) in [5, 5.41) is 0.813. The molecule has 0 saturated heterocycles. The van der Waals surface area contributed by atoms with Gasteiger partial charge in [0.2, 0.25) is 0 Å². The third-order valence-electron chi connectivity index (χ3n) is 2.69. The summed E-state index contributed by atoms with van der Waals surface area (Å²) in [6.07, 6.45) is 3.46. The number of rotatable bonds is 4. The van der Waals surface area contributed by atoms with Gasteiger partial charge in [0, 0.05) is 17.1 Å². The monoisotopic (exact) mass is 254 g/mol. The molecule has 0 spiro atoms. The van der Waals surface area contributed by atoms with Gasteiger partial charge in [-0.25, -0.2) is 0 Å². The topological polar surface area (TPSA) is 96.2 Å². The highest BCUT2D eigenvalue weighted by molar-refractivity contribution is 7.85. The molecule has 0 aliphatic rings. The third kappa shape index (κ3) is 2.49. The van der Waals surface area contributed by atoms with Crippen LogP contribution in [0.2, 0.25) is 0 Å². The fourth-order valence-electron chi connectivity index (χ4n) is 1.82. The Balaban J connectivity index is 2.50. The molecule has 0 unspecified atom stereocenters. The molecule has 1 heterocycles. The van der Waals surface area contributed by atoms with E-state index < -0.39 is 10.1 Å². The van der Waals surface area contributed by atoms with Crippen molar-refractivity contribution in [2.75, 3.05) is 6.54 Å². The van der Waals surface area contributed by atoms with Crippen molar-refractivity contribution < 1.29 is 13.0 Å². The first-order chi connectivity index (χ1) is 8.02. The van der Waals surface area contributed by atoms with Gasteiger partial charge in [-0.1, -0.05) is 0 Å². The predicted octanol–water partition coefficient (Wildman–Crippen LogP) is 1.31. The molecule has 0 bridgehead atoms. The number of hydrogen-bond donors (Lipinski definition) is 3. The van der Waals surface area contributed by atoms with Gasteiger partial charge in [-0.2, -0.15) is 8.42 Å². The van der Waals surface area contributed by atoms with Crippen molar-refractivity contribution in [1.29, 1.82) is 0 Å². The summed E-state index contributed by atoms with van der Waals surface area (Å²) in [4.78, 5) is 2.97. The number of fused-ring (bicyclic) bond motifs is 1. The summed E-state index contributed by atoms with van der Waals surface area (Å²) in [6.45, 7) is 0.588. The Labute approximate surface area is 99.4 Å². The van der Waals surface area contributed by atoms with E-state index in [1.807, 2.05) is 6.20 Å². The van der Waals surface area contributed by atoms with Crippen LogP contribution >= 0.6 is 0 Å². The van der Waals surface area contributed by atoms with Gasteiger partial charge in [0.05, 0.1) is 4.90 Å². The van der Waals surface area contributed by atoms with Gasteiger partial charge in [0.25, 0.3) is 10.1 Å². The van der Waals surface area contributed by atoms with Crippen LogP contribution in [0, 0.1) is 0 Å². The fraction of sp³-hybridized carbons (Fsp3) is 0.273. The Bertz CT molecular complexity index is 631. The minimum atomic E-state index is -4.15. The first-order valence-electron chi connectivity index (χ1n) is 5.30. The lowest BCUT2D eigenvalue weighted by molar-refractivity contribution is 0.483. The number of nitrogens with two attached hydrogens (primary N) is 1. The zero-order chi connectivity index (χ0) is 12.5. The summed E-state index contributed by atoms with van der Waals surface area (Å²) in [5.74, 6) is 0. The van der Waals surface area contributed by atoms with Gasteiger partial charge in [0.15, 0.2) is 0 Å². The molecule has 92 valence electrons. The van der Waals surface area contributed by atoms with E-state index in [4.69, 9.17) is 10.3 Å². The molecule has 2 rings (SSSR count). The minimum Gasteiger partial charge on any atom is -0.361 e. The molecule has 1 aromatic carbocycles. The fourth-order valence-corrected chi connectivity index (χ4v) is 2.32. The van der Waals surface area contributed by atoms with Crippen molar-refractivity contribution in [1.82, 2.24) is 4.98 Å². The Kier molecular flexibility index (Phi) is 3.19. The average molecular weight is 254 g/mol. The molecule has 4 N–H and O–H groups in total. The molecule has 0 aliphatic heterocycles. The van der Waals surface area contributed by atoms with Crippen molar-refractivity contribution in [3.05, 3.63) is 30.0 Å². The summed E-state index contributed by atoms with van der Waals surface area (Å²) >= 11 is 0. The van der Waals surface area contributed by atoms with Crippen molar-refractivity contribution in [2.45, 2.75) is 17.7 Å². The van der Waals surface area contributed by atoms with E-state index in [2.05, 4.69) is 4.98 Å². The van der Waals surface area contributed by atoms with Crippen LogP contribution in [-0.4, -0.2) is 24.5 Å². The van der Waals surface area contributed by atoms with Crippen molar-refractivity contribution >= 4 is 21.0 Å². The quantitative estimate of drug-likeness (QED) is 0.717. The molecule has 0 saturated carbocycles. The maximum atomic E-state index is 11.0. The van der Waals surface area contributed by atoms with Gasteiger partial charge in [-0.3, -0.25) is 4.55 Å². The molecule has 5 nitrogen and oxygen atoms in total. The van der Waals surface area contributed by atoms with E-state index in [0.29, 0.717) is 6.54 Å². The number of aromatic nitrogens is 1. The van der Waals surface area contributed by atoms with Crippen LogP contribution in [0.15, 0.2) is 29.3 Å². The Morgan fingerprint density at radius 1 is 1.35 bits per heavy atom. The molecular formula is C11H14N2O3S. The van der Waals surface area contributed by atoms with E-state index in [-0.39, 0.29) is 4.90 Å². The number of H-pyrrole nitrogens is 1. The molecule has 2 aromatic rings. The number of nitrogens with one attached hydrogen (secondary N) is 1. The SMILES string of the molecule is NCCCc1c[nH]c2ccc(S(=O)(=O)O)cc12. The molecular weight excluding hydrogens is 240 g/mol. The molecule has 1 aromatic heterocycles. The van der Waals surface area contributed by atoms with Crippen molar-refractivity contribution in [2.24, 2.45) is 5.73 Å². The summed E-state index contributed by atoms with van der Waals surface area (Å²) in [5.41, 5.74) is 7.30. The Morgan fingerprint density at radius 3 is 2.76 bits per heavy atom. The second kappa shape index (κ2) is 4.48. The lowest BCUT2D eigenvalue weighted by atomic mass is 10.1. The predicted molar refractivity (Wildman–Crippen MR) is 65.5 cm³/mol. The second-order valence-corrected chi connectivity index (χ2v) is 5.31. The van der Waals surface area contributed by atoms with Crippen LogP contribution in [0.1, 0.15) is 12.0 Å². The maximum absolute atomic E-state index is 11.0. The maximum Gasteiger partial charge on any atom is 0.294 e. The normalized spacial score (nSPS) is 12.1. The van der Waals surface area contributed by atoms with Gasteiger partial charge in [-0.05, 0) is 43.1 Å². The summed E-state index contributed by atoms with van der Waals surface area (Å²) < 4.78 is 31.1. The highest BCUT2D eigenvalue weighted by Gasteiger charge is 2.12. The molecule has 0 atom stereocenters. The highest BCUT2D eigenvalue weighted by Crippen LogP contribution is 2.23. The van der Waals surface area contributed by atoms with E-state index in [1.165, 1.54) is 12.1 Å². The van der Waals surface area contributed by atoms with Gasteiger partial charge in [-0.15, -0.1) is 0 Å². The van der Waals surface area contributed by atoms with E-state index in [1.54, 1.807) is 6.07 Å².